The average molecular weight is 510 g/mol. The summed E-state index contributed by atoms with van der Waals surface area (Å²) in [5.41, 5.74) is 13.5. The van der Waals surface area contributed by atoms with Crippen LogP contribution in [0.15, 0.2) is 42.5 Å². The van der Waals surface area contributed by atoms with Gasteiger partial charge in [0.2, 0.25) is 5.91 Å². The number of methoxy groups -OCH3 is 1. The number of nitrogens with zero attached hydrogens (tertiary/aromatic N) is 2. The quantitative estimate of drug-likeness (QED) is 0.443. The molecule has 3 rings (SSSR count). The molecule has 3 aromatic rings. The Labute approximate surface area is 214 Å². The number of aryl methyl sites for hydroxylation is 2. The molecule has 10 heteroatoms. The SMILES string of the molecule is COc1ccc(C(C(=O)NC(C)(C)C)N(C(=O)c2snc(C(N)=O)c2N)c2ccc(C)cc2C)cc1. The summed E-state index contributed by atoms with van der Waals surface area (Å²) in [6, 6.07) is 11.4. The van der Waals surface area contributed by atoms with Crippen LogP contribution in [0.25, 0.3) is 0 Å². The molecule has 1 heterocycles. The lowest BCUT2D eigenvalue weighted by Crippen LogP contribution is -2.49. The van der Waals surface area contributed by atoms with Crippen LogP contribution in [0.5, 0.6) is 5.75 Å². The van der Waals surface area contributed by atoms with Crippen LogP contribution in [0.3, 0.4) is 0 Å². The van der Waals surface area contributed by atoms with Gasteiger partial charge in [0, 0.05) is 11.2 Å². The van der Waals surface area contributed by atoms with Gasteiger partial charge in [-0.15, -0.1) is 0 Å². The molecule has 9 nitrogen and oxygen atoms in total. The number of benzene rings is 2. The van der Waals surface area contributed by atoms with E-state index in [1.54, 1.807) is 37.4 Å². The molecule has 0 bridgehead atoms. The summed E-state index contributed by atoms with van der Waals surface area (Å²) in [5.74, 6) is -1.19. The Hall–Kier alpha value is -3.92. The molecule has 2 aromatic carbocycles. The van der Waals surface area contributed by atoms with Crippen LogP contribution in [0, 0.1) is 13.8 Å². The molecule has 0 saturated heterocycles. The molecule has 0 aliphatic carbocycles. The third-order valence-corrected chi connectivity index (χ3v) is 6.27. The molecule has 190 valence electrons. The summed E-state index contributed by atoms with van der Waals surface area (Å²) in [6.45, 7) is 9.38. The van der Waals surface area contributed by atoms with Crippen molar-refractivity contribution in [2.24, 2.45) is 5.73 Å². The highest BCUT2D eigenvalue weighted by molar-refractivity contribution is 7.09. The second kappa shape index (κ2) is 10.4. The Morgan fingerprint density at radius 1 is 1.08 bits per heavy atom. The van der Waals surface area contributed by atoms with Crippen LogP contribution in [0.4, 0.5) is 11.4 Å². The zero-order valence-electron chi connectivity index (χ0n) is 21.2. The van der Waals surface area contributed by atoms with E-state index >= 15 is 0 Å². The maximum Gasteiger partial charge on any atom is 0.273 e. The van der Waals surface area contributed by atoms with E-state index in [1.165, 1.54) is 4.90 Å². The molecule has 0 aliphatic heterocycles. The molecule has 0 aliphatic rings. The van der Waals surface area contributed by atoms with Gasteiger partial charge >= 0.3 is 0 Å². The van der Waals surface area contributed by atoms with Crippen LogP contribution in [0.1, 0.15) is 63.7 Å². The minimum atomic E-state index is -1.07. The van der Waals surface area contributed by atoms with Crippen molar-refractivity contribution < 1.29 is 19.1 Å². The number of hydrogen-bond acceptors (Lipinski definition) is 7. The molecule has 36 heavy (non-hydrogen) atoms. The van der Waals surface area contributed by atoms with Gasteiger partial charge in [-0.2, -0.15) is 4.37 Å². The topological polar surface area (TPSA) is 141 Å². The maximum atomic E-state index is 14.1. The second-order valence-electron chi connectivity index (χ2n) is 9.52. The summed E-state index contributed by atoms with van der Waals surface area (Å²) < 4.78 is 9.26. The number of carbonyl (C=O) groups is 3. The molecule has 0 fully saturated rings. The first-order chi connectivity index (χ1) is 16.8. The molecule has 1 atom stereocenters. The largest absolute Gasteiger partial charge is 0.497 e. The first-order valence-electron chi connectivity index (χ1n) is 11.3. The summed E-state index contributed by atoms with van der Waals surface area (Å²) in [4.78, 5) is 41.1. The van der Waals surface area contributed by atoms with Crippen molar-refractivity contribution >= 4 is 40.6 Å². The smallest absolute Gasteiger partial charge is 0.273 e. The minimum absolute atomic E-state index is 0.0193. The number of nitrogen functional groups attached to an aromatic ring is 1. The van der Waals surface area contributed by atoms with Crippen molar-refractivity contribution in [3.8, 4) is 5.75 Å². The summed E-state index contributed by atoms with van der Waals surface area (Å²) in [7, 11) is 1.55. The van der Waals surface area contributed by atoms with E-state index in [2.05, 4.69) is 9.69 Å². The van der Waals surface area contributed by atoms with E-state index in [1.807, 2.05) is 46.8 Å². The van der Waals surface area contributed by atoms with Crippen LogP contribution in [0.2, 0.25) is 0 Å². The van der Waals surface area contributed by atoms with Crippen molar-refractivity contribution in [1.82, 2.24) is 9.69 Å². The lowest BCUT2D eigenvalue weighted by Gasteiger charge is -2.34. The highest BCUT2D eigenvalue weighted by Crippen LogP contribution is 2.35. The molecule has 3 amide bonds. The van der Waals surface area contributed by atoms with Crippen molar-refractivity contribution in [2.45, 2.75) is 46.2 Å². The number of primary amides is 1. The molecule has 1 aromatic heterocycles. The zero-order chi connectivity index (χ0) is 26.8. The summed E-state index contributed by atoms with van der Waals surface area (Å²) >= 11 is 0.769. The van der Waals surface area contributed by atoms with Crippen LogP contribution < -0.4 is 26.4 Å². The number of nitrogens with two attached hydrogens (primary N) is 2. The van der Waals surface area contributed by atoms with E-state index in [4.69, 9.17) is 16.2 Å². The number of carbonyl (C=O) groups excluding carboxylic acids is 3. The maximum absolute atomic E-state index is 14.1. The lowest BCUT2D eigenvalue weighted by molar-refractivity contribution is -0.123. The second-order valence-corrected chi connectivity index (χ2v) is 10.3. The van der Waals surface area contributed by atoms with Crippen molar-refractivity contribution in [1.29, 1.82) is 0 Å². The van der Waals surface area contributed by atoms with E-state index < -0.39 is 23.4 Å². The molecular weight excluding hydrogens is 478 g/mol. The number of anilines is 2. The van der Waals surface area contributed by atoms with Crippen LogP contribution in [-0.4, -0.2) is 34.7 Å². The van der Waals surface area contributed by atoms with Gasteiger partial charge < -0.3 is 21.5 Å². The van der Waals surface area contributed by atoms with Gasteiger partial charge in [0.25, 0.3) is 11.8 Å². The van der Waals surface area contributed by atoms with E-state index in [9.17, 15) is 14.4 Å². The molecule has 0 radical (unpaired) electrons. The third kappa shape index (κ3) is 5.65. The standard InChI is InChI=1S/C26H31N5O4S/c1-14-7-12-18(15(2)13-14)31(25(34)22-19(27)20(23(28)32)30-36-22)21(24(33)29-26(3,4)5)16-8-10-17(35-6)11-9-16/h7-13,21H,27H2,1-6H3,(H2,28,32)(H,29,33). The van der Waals surface area contributed by atoms with Crippen molar-refractivity contribution in [2.75, 3.05) is 17.7 Å². The Balaban J connectivity index is 2.27. The molecule has 0 saturated carbocycles. The van der Waals surface area contributed by atoms with Gasteiger partial charge in [0.05, 0.1) is 12.8 Å². The number of ether oxygens (including phenoxy) is 1. The average Bonchev–Trinajstić information content (AvgIpc) is 3.18. The summed E-state index contributed by atoms with van der Waals surface area (Å²) in [5, 5.41) is 2.99. The minimum Gasteiger partial charge on any atom is -0.497 e. The Bertz CT molecular complexity index is 1290. The Morgan fingerprint density at radius 3 is 2.22 bits per heavy atom. The van der Waals surface area contributed by atoms with E-state index in [0.29, 0.717) is 17.0 Å². The number of amides is 3. The monoisotopic (exact) mass is 509 g/mol. The zero-order valence-corrected chi connectivity index (χ0v) is 22.0. The number of nitrogens with one attached hydrogen (secondary N) is 1. The summed E-state index contributed by atoms with van der Waals surface area (Å²) in [6.07, 6.45) is 0. The fraction of sp³-hybridized carbons (Fsp3) is 0.308. The Kier molecular flexibility index (Phi) is 7.68. The van der Waals surface area contributed by atoms with Crippen LogP contribution >= 0.6 is 11.5 Å². The highest BCUT2D eigenvalue weighted by Gasteiger charge is 2.37. The first-order valence-corrected chi connectivity index (χ1v) is 12.0. The van der Waals surface area contributed by atoms with Crippen LogP contribution in [-0.2, 0) is 4.79 Å². The van der Waals surface area contributed by atoms with Gasteiger partial charge in [0.1, 0.15) is 16.7 Å². The van der Waals surface area contributed by atoms with Gasteiger partial charge in [-0.05, 0) is 75.5 Å². The fourth-order valence-electron chi connectivity index (χ4n) is 3.82. The fourth-order valence-corrected chi connectivity index (χ4v) is 4.56. The Morgan fingerprint density at radius 2 is 1.72 bits per heavy atom. The third-order valence-electron chi connectivity index (χ3n) is 5.42. The van der Waals surface area contributed by atoms with E-state index in [-0.39, 0.29) is 22.2 Å². The van der Waals surface area contributed by atoms with Gasteiger partial charge in [-0.1, -0.05) is 29.8 Å². The molecule has 1 unspecified atom stereocenters. The predicted octanol–water partition coefficient (Wildman–Crippen LogP) is 3.75. The number of hydrogen-bond donors (Lipinski definition) is 3. The number of aromatic nitrogens is 1. The van der Waals surface area contributed by atoms with Crippen molar-refractivity contribution in [3.05, 3.63) is 69.7 Å². The van der Waals surface area contributed by atoms with Gasteiger partial charge in [0.15, 0.2) is 5.69 Å². The van der Waals surface area contributed by atoms with Gasteiger partial charge in [-0.3, -0.25) is 19.3 Å². The number of rotatable bonds is 7. The normalized spacial score (nSPS) is 12.1. The molecule has 0 spiro atoms. The first kappa shape index (κ1) is 26.7. The van der Waals surface area contributed by atoms with Crippen molar-refractivity contribution in [3.63, 3.8) is 0 Å². The molecular formula is C26H31N5O4S. The highest BCUT2D eigenvalue weighted by atomic mass is 32.1. The van der Waals surface area contributed by atoms with E-state index in [0.717, 1.165) is 22.7 Å². The lowest BCUT2D eigenvalue weighted by atomic mass is 9.99. The molecule has 5 N–H and O–H groups in total. The van der Waals surface area contributed by atoms with Gasteiger partial charge in [-0.25, -0.2) is 0 Å². The predicted molar refractivity (Wildman–Crippen MR) is 141 cm³/mol.